The number of carbonyl (C=O) groups excluding carboxylic acids is 2. The zero-order chi connectivity index (χ0) is 25.7. The van der Waals surface area contributed by atoms with E-state index < -0.39 is 41.0 Å². The molecule has 0 radical (unpaired) electrons. The summed E-state index contributed by atoms with van der Waals surface area (Å²) in [7, 11) is 0. The van der Waals surface area contributed by atoms with Crippen molar-refractivity contribution < 1.29 is 31.9 Å². The molecule has 1 aliphatic rings. The van der Waals surface area contributed by atoms with Gasteiger partial charge in [0.15, 0.2) is 0 Å². The number of halogens is 4. The number of unbranched alkanes of at least 4 members (excludes halogenated alkanes) is 11. The molecule has 35 heavy (non-hydrogen) atoms. The van der Waals surface area contributed by atoms with Crippen molar-refractivity contribution >= 4 is 11.9 Å². The van der Waals surface area contributed by atoms with Crippen molar-refractivity contribution in [3.8, 4) is 0 Å². The van der Waals surface area contributed by atoms with Crippen molar-refractivity contribution in [2.75, 3.05) is 13.2 Å². The highest BCUT2D eigenvalue weighted by atomic mass is 19.4. The predicted molar refractivity (Wildman–Crippen MR) is 127 cm³/mol. The van der Waals surface area contributed by atoms with E-state index in [-0.39, 0.29) is 13.2 Å². The molecule has 1 fully saturated rings. The molecule has 1 aromatic carbocycles. The number of amides is 1. The van der Waals surface area contributed by atoms with E-state index in [1.165, 1.54) is 51.4 Å². The average molecular weight is 502 g/mol. The molecular weight excluding hydrogens is 462 g/mol. The Morgan fingerprint density at radius 2 is 1.51 bits per heavy atom. The van der Waals surface area contributed by atoms with Gasteiger partial charge in [0.05, 0.1) is 17.7 Å². The summed E-state index contributed by atoms with van der Waals surface area (Å²) >= 11 is 0. The van der Waals surface area contributed by atoms with Crippen LogP contribution in [-0.2, 0) is 15.7 Å². The first kappa shape index (κ1) is 29.1. The first-order chi connectivity index (χ1) is 16.8. The first-order valence-corrected chi connectivity index (χ1v) is 13.1. The van der Waals surface area contributed by atoms with Crippen LogP contribution in [0.1, 0.15) is 113 Å². The van der Waals surface area contributed by atoms with E-state index in [9.17, 15) is 27.2 Å². The highest BCUT2D eigenvalue weighted by molar-refractivity contribution is 5.97. The minimum atomic E-state index is -4.69. The van der Waals surface area contributed by atoms with Crippen LogP contribution in [0.4, 0.5) is 17.6 Å². The van der Waals surface area contributed by atoms with Gasteiger partial charge in [-0.15, -0.1) is 0 Å². The maximum absolute atomic E-state index is 14.1. The Hall–Kier alpha value is -2.12. The van der Waals surface area contributed by atoms with E-state index >= 15 is 0 Å². The van der Waals surface area contributed by atoms with Gasteiger partial charge < -0.3 is 9.64 Å². The van der Waals surface area contributed by atoms with Crippen molar-refractivity contribution in [2.45, 2.75) is 109 Å². The van der Waals surface area contributed by atoms with E-state index in [1.54, 1.807) is 0 Å². The molecule has 0 aliphatic carbocycles. The lowest BCUT2D eigenvalue weighted by Gasteiger charge is -2.24. The molecule has 1 amide bonds. The summed E-state index contributed by atoms with van der Waals surface area (Å²) in [6, 6.07) is 0.836. The average Bonchev–Trinajstić information content (AvgIpc) is 3.31. The van der Waals surface area contributed by atoms with Crippen LogP contribution in [0.15, 0.2) is 18.2 Å². The fourth-order valence-electron chi connectivity index (χ4n) is 4.49. The lowest BCUT2D eigenvalue weighted by molar-refractivity contribution is -0.148. The van der Waals surface area contributed by atoms with Gasteiger partial charge in [0.2, 0.25) is 0 Å². The Kier molecular flexibility index (Phi) is 12.6. The molecule has 4 nitrogen and oxygen atoms in total. The number of esters is 1. The topological polar surface area (TPSA) is 46.6 Å². The Labute approximate surface area is 206 Å². The summed E-state index contributed by atoms with van der Waals surface area (Å²) in [5.74, 6) is -2.54. The minimum absolute atomic E-state index is 0.174. The molecule has 1 aromatic rings. The second kappa shape index (κ2) is 15.1. The van der Waals surface area contributed by atoms with Gasteiger partial charge in [0, 0.05) is 6.54 Å². The van der Waals surface area contributed by atoms with E-state index in [4.69, 9.17) is 4.74 Å². The molecule has 0 bridgehead atoms. The number of alkyl halides is 3. The minimum Gasteiger partial charge on any atom is -0.464 e. The summed E-state index contributed by atoms with van der Waals surface area (Å²) in [6.45, 7) is 2.64. The molecule has 1 heterocycles. The number of nitrogens with zero attached hydrogens (tertiary/aromatic N) is 1. The van der Waals surface area contributed by atoms with E-state index in [0.717, 1.165) is 30.6 Å². The van der Waals surface area contributed by atoms with E-state index in [2.05, 4.69) is 6.92 Å². The molecule has 2 rings (SSSR count). The van der Waals surface area contributed by atoms with Crippen molar-refractivity contribution in [3.63, 3.8) is 0 Å². The van der Waals surface area contributed by atoms with Gasteiger partial charge in [0.1, 0.15) is 11.9 Å². The standard InChI is InChI=1S/C27H39F4NO3/c1-2-3-4-5-6-7-8-9-10-11-12-13-19-35-26(34)24-15-14-18-32(24)25(33)22-20-21(27(29,30)31)16-17-23(22)28/h16-17,20,24H,2-15,18-19H2,1H3. The number of hydrogen-bond donors (Lipinski definition) is 0. The second-order valence-corrected chi connectivity index (χ2v) is 9.41. The zero-order valence-electron chi connectivity index (χ0n) is 20.8. The third-order valence-electron chi connectivity index (χ3n) is 6.55. The largest absolute Gasteiger partial charge is 0.464 e. The summed E-state index contributed by atoms with van der Waals surface area (Å²) < 4.78 is 58.4. The molecule has 1 atom stereocenters. The Morgan fingerprint density at radius 1 is 0.943 bits per heavy atom. The van der Waals surface area contributed by atoms with Gasteiger partial charge in [-0.2, -0.15) is 13.2 Å². The number of rotatable bonds is 15. The summed E-state index contributed by atoms with van der Waals surface area (Å²) in [5.41, 5.74) is -1.78. The predicted octanol–water partition coefficient (Wildman–Crippen LogP) is 7.69. The third-order valence-corrected chi connectivity index (χ3v) is 6.55. The quantitative estimate of drug-likeness (QED) is 0.141. The van der Waals surface area contributed by atoms with E-state index in [0.29, 0.717) is 31.0 Å². The molecule has 1 saturated heterocycles. The van der Waals surface area contributed by atoms with Crippen LogP contribution in [0, 0.1) is 5.82 Å². The van der Waals surface area contributed by atoms with Gasteiger partial charge in [-0.25, -0.2) is 9.18 Å². The molecule has 1 aliphatic heterocycles. The number of hydrogen-bond acceptors (Lipinski definition) is 3. The fraction of sp³-hybridized carbons (Fsp3) is 0.704. The smallest absolute Gasteiger partial charge is 0.416 e. The molecule has 198 valence electrons. The van der Waals surface area contributed by atoms with Crippen molar-refractivity contribution in [2.24, 2.45) is 0 Å². The SMILES string of the molecule is CCCCCCCCCCCCCCOC(=O)C1CCCN1C(=O)c1cc(C(F)(F)F)ccc1F. The van der Waals surface area contributed by atoms with Crippen molar-refractivity contribution in [1.29, 1.82) is 0 Å². The molecule has 0 aromatic heterocycles. The normalized spacial score (nSPS) is 16.0. The van der Waals surface area contributed by atoms with Gasteiger partial charge in [-0.05, 0) is 37.5 Å². The molecule has 0 saturated carbocycles. The Morgan fingerprint density at radius 3 is 2.09 bits per heavy atom. The Balaban J connectivity index is 1.68. The van der Waals surface area contributed by atoms with Crippen LogP contribution < -0.4 is 0 Å². The number of carbonyl (C=O) groups is 2. The second-order valence-electron chi connectivity index (χ2n) is 9.41. The zero-order valence-corrected chi connectivity index (χ0v) is 20.8. The summed E-state index contributed by atoms with van der Waals surface area (Å²) in [4.78, 5) is 26.4. The van der Waals surface area contributed by atoms with Crippen LogP contribution in [0.5, 0.6) is 0 Å². The number of likely N-dealkylation sites (tertiary alicyclic amines) is 1. The van der Waals surface area contributed by atoms with Crippen LogP contribution in [0.2, 0.25) is 0 Å². The molecule has 8 heteroatoms. The molecule has 0 spiro atoms. The molecule has 0 N–H and O–H groups in total. The lowest BCUT2D eigenvalue weighted by Crippen LogP contribution is -2.42. The van der Waals surface area contributed by atoms with Gasteiger partial charge in [0.25, 0.3) is 5.91 Å². The van der Waals surface area contributed by atoms with Crippen LogP contribution >= 0.6 is 0 Å². The van der Waals surface area contributed by atoms with Crippen LogP contribution in [-0.4, -0.2) is 36.0 Å². The first-order valence-electron chi connectivity index (χ1n) is 13.1. The monoisotopic (exact) mass is 501 g/mol. The van der Waals surface area contributed by atoms with Crippen LogP contribution in [0.3, 0.4) is 0 Å². The van der Waals surface area contributed by atoms with Gasteiger partial charge >= 0.3 is 12.1 Å². The Bertz CT molecular complexity index is 797. The molecule has 1 unspecified atom stereocenters. The fourth-order valence-corrected chi connectivity index (χ4v) is 4.49. The molecular formula is C27H39F4NO3. The maximum atomic E-state index is 14.1. The maximum Gasteiger partial charge on any atom is 0.416 e. The van der Waals surface area contributed by atoms with E-state index in [1.807, 2.05) is 0 Å². The van der Waals surface area contributed by atoms with Crippen molar-refractivity contribution in [1.82, 2.24) is 4.90 Å². The summed E-state index contributed by atoms with van der Waals surface area (Å²) in [6.07, 6.45) is 10.4. The highest BCUT2D eigenvalue weighted by Crippen LogP contribution is 2.31. The summed E-state index contributed by atoms with van der Waals surface area (Å²) in [5, 5.41) is 0. The third kappa shape index (κ3) is 9.80. The van der Waals surface area contributed by atoms with Gasteiger partial charge in [-0.3, -0.25) is 4.79 Å². The van der Waals surface area contributed by atoms with Crippen LogP contribution in [0.25, 0.3) is 0 Å². The van der Waals surface area contributed by atoms with Gasteiger partial charge in [-0.1, -0.05) is 77.6 Å². The number of benzene rings is 1. The van der Waals surface area contributed by atoms with Crippen molar-refractivity contribution in [3.05, 3.63) is 35.1 Å². The lowest BCUT2D eigenvalue weighted by atomic mass is 10.1. The highest BCUT2D eigenvalue weighted by Gasteiger charge is 2.38. The number of ether oxygens (including phenoxy) is 1.